The number of rotatable bonds is 7. The minimum Gasteiger partial charge on any atom is -0.382 e. The maximum Gasteiger partial charge on any atom is 0.113 e. The van der Waals surface area contributed by atoms with Gasteiger partial charge in [-0.25, -0.2) is 0 Å². The Labute approximate surface area is 172 Å². The Balaban J connectivity index is 0.000000235. The Morgan fingerprint density at radius 2 is 1.25 bits per heavy atom. The molecule has 0 spiro atoms. The Hall–Kier alpha value is -0.150. The van der Waals surface area contributed by atoms with E-state index in [1.807, 2.05) is 0 Å². The molecule has 3 fully saturated rings. The second-order valence-electron chi connectivity index (χ2n) is 7.09. The van der Waals surface area contributed by atoms with Gasteiger partial charge in [0.1, 0.15) is 40.1 Å². The van der Waals surface area contributed by atoms with Crippen molar-refractivity contribution in [1.29, 1.82) is 0 Å². The van der Waals surface area contributed by atoms with Crippen molar-refractivity contribution in [1.82, 2.24) is 0 Å². The lowest BCUT2D eigenvalue weighted by molar-refractivity contribution is -0.0463. The van der Waals surface area contributed by atoms with Crippen molar-refractivity contribution in [2.75, 3.05) is 48.8 Å². The van der Waals surface area contributed by atoms with Gasteiger partial charge in [0.05, 0.1) is 19.3 Å². The van der Waals surface area contributed by atoms with Gasteiger partial charge in [0.25, 0.3) is 0 Å². The lowest BCUT2D eigenvalue weighted by Gasteiger charge is -2.20. The van der Waals surface area contributed by atoms with E-state index >= 15 is 0 Å². The highest BCUT2D eigenvalue weighted by molar-refractivity contribution is 6.11. The molecule has 1 aliphatic carbocycles. The van der Waals surface area contributed by atoms with Gasteiger partial charge in [0.2, 0.25) is 0 Å². The summed E-state index contributed by atoms with van der Waals surface area (Å²) >= 11 is 0. The van der Waals surface area contributed by atoms with Crippen molar-refractivity contribution in [3.05, 3.63) is 0 Å². The fourth-order valence-corrected chi connectivity index (χ4v) is 3.17. The molecular weight excluding hydrogens is 362 g/mol. The number of hydrogen-bond donors (Lipinski definition) is 0. The predicted molar refractivity (Wildman–Crippen MR) is 108 cm³/mol. The van der Waals surface area contributed by atoms with Crippen molar-refractivity contribution in [2.45, 2.75) is 74.6 Å². The van der Waals surface area contributed by atoms with Crippen LogP contribution in [0.3, 0.4) is 0 Å². The lowest BCUT2D eigenvalue weighted by atomic mass is 9.93. The van der Waals surface area contributed by atoms with E-state index in [1.54, 1.807) is 35.5 Å². The Bertz CT molecular complexity index is 383. The van der Waals surface area contributed by atoms with Crippen molar-refractivity contribution in [2.24, 2.45) is 0 Å². The summed E-state index contributed by atoms with van der Waals surface area (Å²) in [5.74, 6) is 0. The molecule has 0 aromatic heterocycles. The van der Waals surface area contributed by atoms with Crippen molar-refractivity contribution in [3.63, 3.8) is 0 Å². The zero-order valence-corrected chi connectivity index (χ0v) is 18.0. The van der Waals surface area contributed by atoms with Gasteiger partial charge in [-0.05, 0) is 6.42 Å². The second-order valence-corrected chi connectivity index (χ2v) is 7.09. The average molecular weight is 398 g/mol. The van der Waals surface area contributed by atoms with E-state index in [2.05, 4.69) is 0 Å². The Morgan fingerprint density at radius 3 is 1.68 bits per heavy atom. The largest absolute Gasteiger partial charge is 0.382 e. The molecule has 0 amide bonds. The summed E-state index contributed by atoms with van der Waals surface area (Å²) < 4.78 is 36.2. The van der Waals surface area contributed by atoms with Gasteiger partial charge in [0, 0.05) is 47.6 Å². The quantitative estimate of drug-likeness (QED) is 0.594. The van der Waals surface area contributed by atoms with Gasteiger partial charge in [-0.15, -0.1) is 0 Å². The fourth-order valence-electron chi connectivity index (χ4n) is 3.17. The summed E-state index contributed by atoms with van der Waals surface area (Å²) in [5, 5.41) is 0. The molecule has 0 N–H and O–H groups in total. The van der Waals surface area contributed by atoms with E-state index in [0.717, 1.165) is 6.42 Å². The molecule has 28 heavy (non-hydrogen) atoms. The molecule has 4 radical (unpaired) electrons. The maximum atomic E-state index is 5.69. The molecule has 160 valence electrons. The molecule has 0 aromatic carbocycles. The zero-order chi connectivity index (χ0) is 20.9. The monoisotopic (exact) mass is 398 g/mol. The van der Waals surface area contributed by atoms with Crippen LogP contribution in [0.4, 0.5) is 0 Å². The van der Waals surface area contributed by atoms with Crippen LogP contribution in [-0.4, -0.2) is 107 Å². The van der Waals surface area contributed by atoms with E-state index < -0.39 is 6.00 Å². The van der Waals surface area contributed by atoms with Gasteiger partial charge >= 0.3 is 0 Å². The topological polar surface area (TPSA) is 64.6 Å². The Kier molecular flexibility index (Phi) is 13.7. The highest BCUT2D eigenvalue weighted by Gasteiger charge is 2.42. The minimum atomic E-state index is -0.435. The van der Waals surface area contributed by atoms with Gasteiger partial charge in [-0.1, -0.05) is 25.7 Å². The molecule has 0 aromatic rings. The van der Waals surface area contributed by atoms with Crippen LogP contribution in [0.25, 0.3) is 0 Å². The summed E-state index contributed by atoms with van der Waals surface area (Å²) in [5.41, 5.74) is 0. The van der Waals surface area contributed by atoms with Gasteiger partial charge in [-0.3, -0.25) is 0 Å². The summed E-state index contributed by atoms with van der Waals surface area (Å²) in [6.45, 7) is 1.01. The molecule has 3 rings (SSSR count). The van der Waals surface area contributed by atoms with Crippen molar-refractivity contribution >= 4 is 15.7 Å². The lowest BCUT2D eigenvalue weighted by Crippen LogP contribution is -2.37. The van der Waals surface area contributed by atoms with Gasteiger partial charge < -0.3 is 33.2 Å². The van der Waals surface area contributed by atoms with E-state index in [4.69, 9.17) is 48.9 Å². The highest BCUT2D eigenvalue weighted by atomic mass is 16.6. The molecule has 0 bridgehead atoms. The third-order valence-electron chi connectivity index (χ3n) is 5.08. The van der Waals surface area contributed by atoms with E-state index in [-0.39, 0.29) is 36.5 Å². The van der Waals surface area contributed by atoms with Crippen LogP contribution in [0.2, 0.25) is 0 Å². The smallest absolute Gasteiger partial charge is 0.113 e. The van der Waals surface area contributed by atoms with Crippen LogP contribution >= 0.6 is 0 Å². The number of hydrogen-bond acceptors (Lipinski definition) is 7. The number of ether oxygens (including phenoxy) is 7. The third kappa shape index (κ3) is 8.30. The first-order valence-corrected chi connectivity index (χ1v) is 9.90. The summed E-state index contributed by atoms with van der Waals surface area (Å²) in [6, 6.07) is -0.629. The first kappa shape index (κ1) is 25.9. The summed E-state index contributed by atoms with van der Waals surface area (Å²) in [4.78, 5) is 0. The molecular formula is C19H36B2O7. The maximum absolute atomic E-state index is 5.69. The first-order valence-electron chi connectivity index (χ1n) is 9.90. The molecule has 2 aliphatic heterocycles. The molecule has 1 saturated carbocycles. The fraction of sp³-hybridized carbons (Fsp3) is 1.00. The van der Waals surface area contributed by atoms with Crippen LogP contribution < -0.4 is 0 Å². The van der Waals surface area contributed by atoms with Crippen LogP contribution in [0.5, 0.6) is 0 Å². The highest BCUT2D eigenvalue weighted by Crippen LogP contribution is 2.24. The van der Waals surface area contributed by atoms with Crippen LogP contribution in [-0.2, 0) is 33.2 Å². The summed E-state index contributed by atoms with van der Waals surface area (Å²) in [6.07, 6.45) is 6.33. The van der Waals surface area contributed by atoms with Crippen molar-refractivity contribution in [3.8, 4) is 0 Å². The van der Waals surface area contributed by atoms with Gasteiger partial charge in [-0.2, -0.15) is 0 Å². The molecule has 9 heteroatoms. The third-order valence-corrected chi connectivity index (χ3v) is 5.08. The van der Waals surface area contributed by atoms with Crippen LogP contribution in [0.15, 0.2) is 0 Å². The molecule has 1 unspecified atom stereocenters. The molecule has 3 aliphatic rings. The molecule has 7 nitrogen and oxygen atoms in total. The molecule has 2 saturated heterocycles. The van der Waals surface area contributed by atoms with Gasteiger partial charge in [0.15, 0.2) is 0 Å². The van der Waals surface area contributed by atoms with Crippen LogP contribution in [0, 0.1) is 0 Å². The molecule has 2 heterocycles. The predicted octanol–water partition coefficient (Wildman–Crippen LogP) is 1.05. The zero-order valence-electron chi connectivity index (χ0n) is 18.0. The normalized spacial score (nSPS) is 36.7. The second kappa shape index (κ2) is 14.8. The van der Waals surface area contributed by atoms with Crippen LogP contribution in [0.1, 0.15) is 32.1 Å². The SMILES string of the molecule is C1CCC1.[B][C@@H]1O[C@H](COC)[C@H](OC)C1OC.[B][C@H]1C[C@@H](OC)[C@@H](COC)O1. The number of methoxy groups -OCH3 is 5. The minimum absolute atomic E-state index is 0.000000000000000222. The van der Waals surface area contributed by atoms with E-state index in [1.165, 1.54) is 25.7 Å². The average Bonchev–Trinajstić information content (AvgIpc) is 3.13. The standard InChI is InChI=1S/C8H15BO4.C7H13BO3.C4H8/c1-10-4-5-6(11-2)7(12-3)8(9)13-5;1-9-4-6-5(10-2)3-7(8)11-6;1-2-4-3-1/h5-8H,4H2,1-3H3;5-7H,3-4H2,1-2H3;1-4H2/t5-,6+,7?,8-;5-,6-,7-;/m11./s1. The van der Waals surface area contributed by atoms with E-state index in [9.17, 15) is 0 Å². The van der Waals surface area contributed by atoms with E-state index in [0.29, 0.717) is 13.2 Å². The molecule has 7 atom stereocenters. The Morgan fingerprint density at radius 1 is 0.714 bits per heavy atom. The summed E-state index contributed by atoms with van der Waals surface area (Å²) in [7, 11) is 19.4. The van der Waals surface area contributed by atoms with Crippen molar-refractivity contribution < 1.29 is 33.2 Å². The first-order chi connectivity index (χ1) is 13.5.